The van der Waals surface area contributed by atoms with Gasteiger partial charge in [0.15, 0.2) is 9.84 Å². The second-order valence-electron chi connectivity index (χ2n) is 7.70. The molecule has 11 heteroatoms. The van der Waals surface area contributed by atoms with Gasteiger partial charge in [-0.3, -0.25) is 4.79 Å². The Balaban J connectivity index is 1.49. The maximum absolute atomic E-state index is 12.8. The minimum Gasteiger partial charge on any atom is -0.356 e. The highest BCUT2D eigenvalue weighted by Crippen LogP contribution is 2.30. The molecular formula is C20H25N3O5S3. The quantitative estimate of drug-likeness (QED) is 0.653. The first-order chi connectivity index (χ1) is 14.8. The number of rotatable bonds is 6. The Morgan fingerprint density at radius 1 is 1.03 bits per heavy atom. The van der Waals surface area contributed by atoms with Gasteiger partial charge in [0.1, 0.15) is 10.6 Å². The largest absolute Gasteiger partial charge is 0.356 e. The van der Waals surface area contributed by atoms with Crippen molar-refractivity contribution in [1.29, 1.82) is 0 Å². The Bertz CT molecular complexity index is 1160. The minimum atomic E-state index is -3.65. The zero-order valence-electron chi connectivity index (χ0n) is 16.9. The number of hydrogen-bond donors (Lipinski definition) is 2. The van der Waals surface area contributed by atoms with Gasteiger partial charge in [-0.2, -0.15) is 16.1 Å². The molecule has 2 N–H and O–H groups in total. The number of anilines is 1. The topological polar surface area (TPSA) is 116 Å². The molecule has 1 aliphatic carbocycles. The molecule has 1 aromatic carbocycles. The number of thioether (sulfide) groups is 1. The molecule has 0 unspecified atom stereocenters. The van der Waals surface area contributed by atoms with Crippen molar-refractivity contribution < 1.29 is 21.6 Å². The van der Waals surface area contributed by atoms with E-state index in [0.29, 0.717) is 31.6 Å². The molecule has 2 aliphatic rings. The third kappa shape index (κ3) is 4.69. The number of aromatic nitrogens is 1. The van der Waals surface area contributed by atoms with Crippen LogP contribution in [-0.4, -0.2) is 61.9 Å². The van der Waals surface area contributed by atoms with Crippen molar-refractivity contribution in [2.45, 2.75) is 40.7 Å². The molecular weight excluding hydrogens is 458 g/mol. The molecule has 0 bridgehead atoms. The summed E-state index contributed by atoms with van der Waals surface area (Å²) < 4.78 is 52.6. The molecule has 0 radical (unpaired) electrons. The monoisotopic (exact) mass is 483 g/mol. The molecule has 2 aromatic rings. The standard InChI is InChI=1S/C20H25N3O5S3/c24-20(19-13-18(14-21-19)31(27,28)23-8-10-29-11-9-23)22-15-4-3-7-17(12-15)30(25,26)16-5-1-2-6-16/h3-4,7,12-14,16,21H,1-2,5-6,8-11H2,(H,22,24). The molecule has 1 aromatic heterocycles. The molecule has 8 nitrogen and oxygen atoms in total. The van der Waals surface area contributed by atoms with Crippen LogP contribution in [0.5, 0.6) is 0 Å². The van der Waals surface area contributed by atoms with Crippen LogP contribution in [0.3, 0.4) is 0 Å². The number of aromatic amines is 1. The number of nitrogens with one attached hydrogen (secondary N) is 2. The van der Waals surface area contributed by atoms with Gasteiger partial charge in [-0.05, 0) is 37.1 Å². The zero-order chi connectivity index (χ0) is 22.1. The number of nitrogens with zero attached hydrogens (tertiary/aromatic N) is 1. The fraction of sp³-hybridized carbons (Fsp3) is 0.450. The van der Waals surface area contributed by atoms with Crippen molar-refractivity contribution in [3.63, 3.8) is 0 Å². The van der Waals surface area contributed by atoms with Crippen LogP contribution in [0, 0.1) is 0 Å². The highest BCUT2D eigenvalue weighted by atomic mass is 32.2. The predicted octanol–water partition coefficient (Wildman–Crippen LogP) is 2.72. The molecule has 0 atom stereocenters. The summed E-state index contributed by atoms with van der Waals surface area (Å²) in [5.74, 6) is 0.958. The molecule has 0 spiro atoms. The van der Waals surface area contributed by atoms with Crippen molar-refractivity contribution >= 4 is 43.2 Å². The van der Waals surface area contributed by atoms with Gasteiger partial charge in [-0.25, -0.2) is 16.8 Å². The molecule has 1 saturated carbocycles. The third-order valence-electron chi connectivity index (χ3n) is 5.67. The van der Waals surface area contributed by atoms with Gasteiger partial charge >= 0.3 is 0 Å². The number of sulfone groups is 1. The SMILES string of the molecule is O=C(Nc1cccc(S(=O)(=O)C2CCCC2)c1)c1cc(S(=O)(=O)N2CCSCC2)c[nH]1. The summed E-state index contributed by atoms with van der Waals surface area (Å²) in [6.07, 6.45) is 4.46. The van der Waals surface area contributed by atoms with E-state index in [2.05, 4.69) is 10.3 Å². The summed E-state index contributed by atoms with van der Waals surface area (Å²) in [5.41, 5.74) is 0.435. The number of hydrogen-bond acceptors (Lipinski definition) is 6. The van der Waals surface area contributed by atoms with Crippen LogP contribution in [0.15, 0.2) is 46.3 Å². The van der Waals surface area contributed by atoms with Gasteiger partial charge in [0.25, 0.3) is 5.91 Å². The van der Waals surface area contributed by atoms with Crippen LogP contribution in [0.4, 0.5) is 5.69 Å². The van der Waals surface area contributed by atoms with Gasteiger partial charge < -0.3 is 10.3 Å². The van der Waals surface area contributed by atoms with Gasteiger partial charge in [0, 0.05) is 36.5 Å². The van der Waals surface area contributed by atoms with Gasteiger partial charge in [0.05, 0.1) is 10.1 Å². The van der Waals surface area contributed by atoms with Gasteiger partial charge in [-0.1, -0.05) is 18.9 Å². The van der Waals surface area contributed by atoms with Crippen molar-refractivity contribution in [3.8, 4) is 0 Å². The minimum absolute atomic E-state index is 0.0436. The Morgan fingerprint density at radius 2 is 1.74 bits per heavy atom. The van der Waals surface area contributed by atoms with Crippen LogP contribution >= 0.6 is 11.8 Å². The van der Waals surface area contributed by atoms with E-state index in [1.807, 2.05) is 0 Å². The first-order valence-electron chi connectivity index (χ1n) is 10.2. The second-order valence-corrected chi connectivity index (χ2v) is 13.1. The number of amides is 1. The van der Waals surface area contributed by atoms with Crippen molar-refractivity contribution in [2.75, 3.05) is 29.9 Å². The molecule has 168 valence electrons. The Hall–Kier alpha value is -1.82. The van der Waals surface area contributed by atoms with Crippen molar-refractivity contribution in [3.05, 3.63) is 42.2 Å². The lowest BCUT2D eigenvalue weighted by atomic mass is 10.3. The molecule has 1 saturated heterocycles. The van der Waals surface area contributed by atoms with Crippen molar-refractivity contribution in [2.24, 2.45) is 0 Å². The van der Waals surface area contributed by atoms with E-state index in [1.54, 1.807) is 30.0 Å². The van der Waals surface area contributed by atoms with E-state index in [-0.39, 0.29) is 20.7 Å². The number of H-pyrrole nitrogens is 1. The van der Waals surface area contributed by atoms with Gasteiger partial charge in [0.2, 0.25) is 10.0 Å². The van der Waals surface area contributed by atoms with E-state index in [1.165, 1.54) is 22.6 Å². The Kier molecular flexibility index (Phi) is 6.47. The Labute approximate surface area is 186 Å². The highest BCUT2D eigenvalue weighted by Gasteiger charge is 2.31. The summed E-state index contributed by atoms with van der Waals surface area (Å²) in [6.45, 7) is 0.893. The van der Waals surface area contributed by atoms with E-state index in [9.17, 15) is 21.6 Å². The van der Waals surface area contributed by atoms with E-state index >= 15 is 0 Å². The number of benzene rings is 1. The number of sulfonamides is 1. The second kappa shape index (κ2) is 8.97. The lowest BCUT2D eigenvalue weighted by Gasteiger charge is -2.24. The van der Waals surface area contributed by atoms with Crippen molar-refractivity contribution in [1.82, 2.24) is 9.29 Å². The maximum Gasteiger partial charge on any atom is 0.272 e. The summed E-state index contributed by atoms with van der Waals surface area (Å²) in [4.78, 5) is 15.6. The lowest BCUT2D eigenvalue weighted by molar-refractivity contribution is 0.102. The molecule has 1 amide bonds. The average molecular weight is 484 g/mol. The fourth-order valence-electron chi connectivity index (χ4n) is 3.93. The van der Waals surface area contributed by atoms with Crippen LogP contribution in [0.1, 0.15) is 36.2 Å². The molecule has 2 heterocycles. The van der Waals surface area contributed by atoms with E-state index < -0.39 is 25.8 Å². The highest BCUT2D eigenvalue weighted by molar-refractivity contribution is 7.99. The molecule has 31 heavy (non-hydrogen) atoms. The summed E-state index contributed by atoms with van der Waals surface area (Å²) >= 11 is 1.71. The summed E-state index contributed by atoms with van der Waals surface area (Å²) in [7, 11) is -7.09. The maximum atomic E-state index is 12.8. The summed E-state index contributed by atoms with van der Waals surface area (Å²) in [6, 6.07) is 7.51. The first-order valence-corrected chi connectivity index (χ1v) is 14.3. The third-order valence-corrected chi connectivity index (χ3v) is 10.7. The molecule has 4 rings (SSSR count). The fourth-order valence-corrected chi connectivity index (χ4v) is 8.40. The summed E-state index contributed by atoms with van der Waals surface area (Å²) in [5, 5.41) is 2.29. The van der Waals surface area contributed by atoms with E-state index in [0.717, 1.165) is 24.3 Å². The zero-order valence-corrected chi connectivity index (χ0v) is 19.4. The lowest BCUT2D eigenvalue weighted by Crippen LogP contribution is -2.37. The van der Waals surface area contributed by atoms with Crippen LogP contribution < -0.4 is 5.32 Å². The van der Waals surface area contributed by atoms with Gasteiger partial charge in [-0.15, -0.1) is 0 Å². The number of carbonyl (C=O) groups excluding carboxylic acids is 1. The molecule has 2 fully saturated rings. The normalized spacial score (nSPS) is 18.8. The van der Waals surface area contributed by atoms with E-state index in [4.69, 9.17) is 0 Å². The van der Waals surface area contributed by atoms with Crippen LogP contribution in [0.25, 0.3) is 0 Å². The first kappa shape index (κ1) is 22.4. The molecule has 1 aliphatic heterocycles. The smallest absolute Gasteiger partial charge is 0.272 e. The average Bonchev–Trinajstić information content (AvgIpc) is 3.47. The Morgan fingerprint density at radius 3 is 2.45 bits per heavy atom. The number of carbonyl (C=O) groups is 1. The van der Waals surface area contributed by atoms with Crippen LogP contribution in [0.2, 0.25) is 0 Å². The van der Waals surface area contributed by atoms with Crippen LogP contribution in [-0.2, 0) is 19.9 Å². The predicted molar refractivity (Wildman–Crippen MR) is 121 cm³/mol.